The summed E-state index contributed by atoms with van der Waals surface area (Å²) in [6, 6.07) is 19.0. The molecule has 0 saturated heterocycles. The minimum Gasteiger partial charge on any atom is -0.606 e. The molecule has 88 valence electrons. The van der Waals surface area contributed by atoms with Gasteiger partial charge in [0, 0.05) is 11.2 Å². The number of rotatable bonds is 2. The molecule has 0 amide bonds. The van der Waals surface area contributed by atoms with Gasteiger partial charge < -0.3 is 4.55 Å². The Bertz CT molecular complexity index is 391. The third kappa shape index (κ3) is 4.65. The summed E-state index contributed by atoms with van der Waals surface area (Å²) in [6.45, 7) is 3.13. The van der Waals surface area contributed by atoms with Crippen LogP contribution in [0.5, 0.6) is 0 Å². The molecule has 0 bridgehead atoms. The third-order valence-corrected chi connectivity index (χ3v) is 3.32. The highest BCUT2D eigenvalue weighted by Gasteiger charge is 2.12. The van der Waals surface area contributed by atoms with Crippen molar-refractivity contribution in [2.45, 2.75) is 9.79 Å². The van der Waals surface area contributed by atoms with E-state index in [4.69, 9.17) is 11.6 Å². The Morgan fingerprint density at radius 3 is 1.47 bits per heavy atom. The highest BCUT2D eigenvalue weighted by molar-refractivity contribution is 7.91. The zero-order valence-corrected chi connectivity index (χ0v) is 10.8. The van der Waals surface area contributed by atoms with Crippen LogP contribution in [0.15, 0.2) is 82.6 Å². The second-order valence-electron chi connectivity index (χ2n) is 3.05. The molecule has 17 heavy (non-hydrogen) atoms. The van der Waals surface area contributed by atoms with E-state index in [1.807, 2.05) is 60.7 Å². The van der Waals surface area contributed by atoms with Gasteiger partial charge in [-0.2, -0.15) is 0 Å². The number of benzene rings is 2. The highest BCUT2D eigenvalue weighted by atomic mass is 35.5. The first-order valence-corrected chi connectivity index (χ1v) is 6.61. The first kappa shape index (κ1) is 13.8. The molecule has 0 heterocycles. The van der Waals surface area contributed by atoms with E-state index in [1.54, 1.807) is 0 Å². The molecule has 0 unspecified atom stereocenters. The summed E-state index contributed by atoms with van der Waals surface area (Å²) in [6.07, 6.45) is 0. The zero-order chi connectivity index (χ0) is 12.5. The van der Waals surface area contributed by atoms with E-state index < -0.39 is 11.2 Å². The van der Waals surface area contributed by atoms with Crippen molar-refractivity contribution in [1.82, 2.24) is 0 Å². The van der Waals surface area contributed by atoms with Gasteiger partial charge in [-0.25, -0.2) is 0 Å². The fraction of sp³-hybridized carbons (Fsp3) is 0. The van der Waals surface area contributed by atoms with E-state index in [9.17, 15) is 4.55 Å². The van der Waals surface area contributed by atoms with Crippen LogP contribution in [0.3, 0.4) is 0 Å². The first-order chi connectivity index (χ1) is 8.29. The van der Waals surface area contributed by atoms with Gasteiger partial charge in [0.15, 0.2) is 9.79 Å². The Labute approximate surface area is 110 Å². The van der Waals surface area contributed by atoms with Crippen molar-refractivity contribution in [3.8, 4) is 0 Å². The summed E-state index contributed by atoms with van der Waals surface area (Å²) in [4.78, 5) is 1.69. The van der Waals surface area contributed by atoms with Crippen molar-refractivity contribution in [1.29, 1.82) is 0 Å². The lowest BCUT2D eigenvalue weighted by atomic mass is 10.4. The van der Waals surface area contributed by atoms with Crippen LogP contribution in [0.2, 0.25) is 0 Å². The lowest BCUT2D eigenvalue weighted by molar-refractivity contribution is 0.595. The van der Waals surface area contributed by atoms with E-state index >= 15 is 0 Å². The lowest BCUT2D eigenvalue weighted by Gasteiger charge is -2.08. The fourth-order valence-electron chi connectivity index (χ4n) is 1.22. The number of hydrogen-bond donors (Lipinski definition) is 0. The molecule has 0 atom stereocenters. The van der Waals surface area contributed by atoms with Gasteiger partial charge in [0.25, 0.3) is 0 Å². The van der Waals surface area contributed by atoms with Gasteiger partial charge in [-0.15, -0.1) is 0 Å². The van der Waals surface area contributed by atoms with Gasteiger partial charge in [0.2, 0.25) is 0 Å². The predicted octanol–water partition coefficient (Wildman–Crippen LogP) is 4.22. The van der Waals surface area contributed by atoms with Crippen molar-refractivity contribution in [2.24, 2.45) is 0 Å². The maximum Gasteiger partial charge on any atom is 0.158 e. The topological polar surface area (TPSA) is 23.1 Å². The Kier molecular flexibility index (Phi) is 6.48. The molecule has 0 aliphatic heterocycles. The summed E-state index contributed by atoms with van der Waals surface area (Å²) >= 11 is 3.72. The van der Waals surface area contributed by atoms with Gasteiger partial charge in [0.1, 0.15) is 0 Å². The van der Waals surface area contributed by atoms with Gasteiger partial charge in [0.05, 0.1) is 0 Å². The highest BCUT2D eigenvalue weighted by Crippen LogP contribution is 2.19. The number of hydrogen-bond acceptors (Lipinski definition) is 1. The van der Waals surface area contributed by atoms with Crippen LogP contribution in [0.25, 0.3) is 0 Å². The smallest absolute Gasteiger partial charge is 0.158 e. The lowest BCUT2D eigenvalue weighted by Crippen LogP contribution is -2.00. The predicted molar refractivity (Wildman–Crippen MR) is 73.6 cm³/mol. The minimum atomic E-state index is -1.05. The average molecular weight is 265 g/mol. The van der Waals surface area contributed by atoms with Crippen molar-refractivity contribution in [3.05, 3.63) is 72.8 Å². The van der Waals surface area contributed by atoms with E-state index in [-0.39, 0.29) is 0 Å². The normalized spacial score (nSPS) is 9.35. The van der Waals surface area contributed by atoms with Crippen LogP contribution in [0.4, 0.5) is 0 Å². The van der Waals surface area contributed by atoms with Crippen LogP contribution in [-0.2, 0) is 11.2 Å². The molecule has 2 rings (SSSR count). The molecular weight excluding hydrogens is 252 g/mol. The Hall–Kier alpha value is -1.22. The Balaban J connectivity index is 0.000000437. The SMILES string of the molecule is C=CCl.[O-][S+](c1ccccc1)c1ccccc1. The van der Waals surface area contributed by atoms with Gasteiger partial charge >= 0.3 is 0 Å². The molecule has 0 aliphatic rings. The van der Waals surface area contributed by atoms with Crippen LogP contribution in [-0.4, -0.2) is 4.55 Å². The minimum absolute atomic E-state index is 0.846. The second kappa shape index (κ2) is 7.96. The van der Waals surface area contributed by atoms with Crippen LogP contribution >= 0.6 is 11.6 Å². The van der Waals surface area contributed by atoms with Crippen molar-refractivity contribution in [2.75, 3.05) is 0 Å². The molecule has 0 aromatic heterocycles. The molecule has 2 aromatic carbocycles. The Morgan fingerprint density at radius 1 is 0.882 bits per heavy atom. The molecule has 0 fully saturated rings. The average Bonchev–Trinajstić information content (AvgIpc) is 2.41. The number of halogens is 1. The van der Waals surface area contributed by atoms with Gasteiger partial charge in [-0.3, -0.25) is 0 Å². The molecule has 0 spiro atoms. The molecule has 0 aliphatic carbocycles. The second-order valence-corrected chi connectivity index (χ2v) is 4.84. The van der Waals surface area contributed by atoms with E-state index in [0.717, 1.165) is 9.79 Å². The molecule has 3 heteroatoms. The zero-order valence-electron chi connectivity index (χ0n) is 9.25. The maximum atomic E-state index is 12.0. The molecular formula is C14H13ClOS. The standard InChI is InChI=1S/C12H10OS.C2H3Cl/c13-14(11-7-3-1-4-8-11)12-9-5-2-6-10-12;1-2-3/h1-10H;2H,1H2. The molecule has 1 nitrogen and oxygen atoms in total. The largest absolute Gasteiger partial charge is 0.606 e. The van der Waals surface area contributed by atoms with E-state index in [1.165, 1.54) is 5.54 Å². The van der Waals surface area contributed by atoms with Crippen molar-refractivity contribution in [3.63, 3.8) is 0 Å². The monoisotopic (exact) mass is 264 g/mol. The van der Waals surface area contributed by atoms with Gasteiger partial charge in [-0.05, 0) is 29.8 Å². The molecule has 0 saturated carbocycles. The fourth-order valence-corrected chi connectivity index (χ4v) is 2.31. The summed E-state index contributed by atoms with van der Waals surface area (Å²) in [5, 5.41) is 0. The van der Waals surface area contributed by atoms with E-state index in [2.05, 4.69) is 6.58 Å². The quantitative estimate of drug-likeness (QED) is 0.745. The van der Waals surface area contributed by atoms with Gasteiger partial charge in [-0.1, -0.05) is 54.6 Å². The van der Waals surface area contributed by atoms with E-state index in [0.29, 0.717) is 0 Å². The summed E-state index contributed by atoms with van der Waals surface area (Å²) in [7, 11) is 0. The first-order valence-electron chi connectivity index (χ1n) is 5.02. The van der Waals surface area contributed by atoms with Crippen LogP contribution < -0.4 is 0 Å². The molecule has 0 radical (unpaired) electrons. The molecule has 0 N–H and O–H groups in total. The molecule has 2 aromatic rings. The Morgan fingerprint density at radius 2 is 1.18 bits per heavy atom. The van der Waals surface area contributed by atoms with Crippen molar-refractivity contribution >= 4 is 22.8 Å². The maximum absolute atomic E-state index is 12.0. The summed E-state index contributed by atoms with van der Waals surface area (Å²) in [5.74, 6) is 0. The van der Waals surface area contributed by atoms with Crippen LogP contribution in [0, 0.1) is 0 Å². The summed E-state index contributed by atoms with van der Waals surface area (Å²) < 4.78 is 12.0. The summed E-state index contributed by atoms with van der Waals surface area (Å²) in [5.41, 5.74) is 1.22. The van der Waals surface area contributed by atoms with Crippen LogP contribution in [0.1, 0.15) is 0 Å². The van der Waals surface area contributed by atoms with Crippen molar-refractivity contribution < 1.29 is 4.55 Å². The third-order valence-electron chi connectivity index (χ3n) is 1.91.